The van der Waals surface area contributed by atoms with Crippen LogP contribution in [0.2, 0.25) is 0 Å². The zero-order valence-electron chi connectivity index (χ0n) is 7.01. The minimum absolute atomic E-state index is 0.0740. The van der Waals surface area contributed by atoms with Gasteiger partial charge in [-0.15, -0.1) is 0 Å². The van der Waals surface area contributed by atoms with Crippen molar-refractivity contribution in [3.8, 4) is 5.75 Å². The van der Waals surface area contributed by atoms with Crippen LogP contribution in [0.1, 0.15) is 11.7 Å². The van der Waals surface area contributed by atoms with Crippen molar-refractivity contribution in [1.82, 2.24) is 0 Å². The van der Waals surface area contributed by atoms with E-state index >= 15 is 0 Å². The summed E-state index contributed by atoms with van der Waals surface area (Å²) in [5.74, 6) is 1.21. The summed E-state index contributed by atoms with van der Waals surface area (Å²) in [4.78, 5) is 5.27. The van der Waals surface area contributed by atoms with Crippen LogP contribution in [0.5, 0.6) is 5.75 Å². The summed E-state index contributed by atoms with van der Waals surface area (Å²) >= 11 is 0. The molecule has 0 aliphatic carbocycles. The molecule has 0 saturated carbocycles. The van der Waals surface area contributed by atoms with E-state index in [1.54, 1.807) is 0 Å². The van der Waals surface area contributed by atoms with Crippen molar-refractivity contribution in [2.45, 2.75) is 6.10 Å². The van der Waals surface area contributed by atoms with E-state index in [4.69, 9.17) is 9.57 Å². The van der Waals surface area contributed by atoms with Gasteiger partial charge in [-0.05, 0) is 6.07 Å². The van der Waals surface area contributed by atoms with Crippen LogP contribution in [-0.2, 0) is 4.84 Å². The van der Waals surface area contributed by atoms with Gasteiger partial charge in [0.1, 0.15) is 12.4 Å². The third kappa shape index (κ3) is 0.932. The maximum atomic E-state index is 5.57. The van der Waals surface area contributed by atoms with Crippen molar-refractivity contribution < 1.29 is 9.57 Å². The van der Waals surface area contributed by atoms with Crippen molar-refractivity contribution in [1.29, 1.82) is 0 Å². The van der Waals surface area contributed by atoms with Gasteiger partial charge in [0.15, 0.2) is 6.10 Å². The van der Waals surface area contributed by atoms with Gasteiger partial charge in [-0.1, -0.05) is 23.4 Å². The highest BCUT2D eigenvalue weighted by molar-refractivity contribution is 5.64. The van der Waals surface area contributed by atoms with Crippen LogP contribution in [0.4, 0.5) is 0 Å². The first-order valence-corrected chi connectivity index (χ1v) is 4.36. The quantitative estimate of drug-likeness (QED) is 0.601. The molecule has 0 aromatic heterocycles. The standard InChI is InChI=1S/C10H9NO2/c1-2-4-9-8(3-1)10-7(6-12-9)5-11-13-10/h1-5,7,10H,6H2/t7-,10+/m1/s1. The fraction of sp³-hybridized carbons (Fsp3) is 0.300. The molecule has 1 aromatic carbocycles. The first-order chi connectivity index (χ1) is 6.45. The van der Waals surface area contributed by atoms with Crippen LogP contribution in [0, 0.1) is 5.92 Å². The van der Waals surface area contributed by atoms with Gasteiger partial charge >= 0.3 is 0 Å². The Balaban J connectivity index is 2.08. The molecular weight excluding hydrogens is 166 g/mol. The number of para-hydroxylation sites is 1. The van der Waals surface area contributed by atoms with Gasteiger partial charge in [0.25, 0.3) is 0 Å². The second-order valence-electron chi connectivity index (χ2n) is 3.29. The van der Waals surface area contributed by atoms with Gasteiger partial charge < -0.3 is 9.57 Å². The second kappa shape index (κ2) is 2.49. The number of hydrogen-bond donors (Lipinski definition) is 0. The average Bonchev–Trinajstić information content (AvgIpc) is 2.65. The van der Waals surface area contributed by atoms with Crippen molar-refractivity contribution in [2.24, 2.45) is 11.1 Å². The third-order valence-electron chi connectivity index (χ3n) is 2.47. The lowest BCUT2D eigenvalue weighted by atomic mass is 9.95. The maximum absolute atomic E-state index is 5.57. The first-order valence-electron chi connectivity index (χ1n) is 4.36. The lowest BCUT2D eigenvalue weighted by Gasteiger charge is -2.25. The smallest absolute Gasteiger partial charge is 0.167 e. The number of nitrogens with zero attached hydrogens (tertiary/aromatic N) is 1. The van der Waals surface area contributed by atoms with Gasteiger partial charge in [0.05, 0.1) is 12.1 Å². The van der Waals surface area contributed by atoms with E-state index < -0.39 is 0 Å². The minimum Gasteiger partial charge on any atom is -0.492 e. The van der Waals surface area contributed by atoms with E-state index in [1.807, 2.05) is 30.5 Å². The molecule has 0 unspecified atom stereocenters. The Morgan fingerprint density at radius 2 is 2.23 bits per heavy atom. The molecule has 66 valence electrons. The fourth-order valence-electron chi connectivity index (χ4n) is 1.79. The van der Waals surface area contributed by atoms with Gasteiger partial charge in [0, 0.05) is 5.56 Å². The Bertz CT molecular complexity index is 362. The highest BCUT2D eigenvalue weighted by atomic mass is 16.6. The van der Waals surface area contributed by atoms with Crippen LogP contribution < -0.4 is 4.74 Å². The number of rotatable bonds is 0. The summed E-state index contributed by atoms with van der Waals surface area (Å²) in [5.41, 5.74) is 1.11. The molecule has 2 aliphatic rings. The number of fused-ring (bicyclic) bond motifs is 3. The highest BCUT2D eigenvalue weighted by Crippen LogP contribution is 2.39. The Kier molecular flexibility index (Phi) is 1.33. The molecule has 0 saturated heterocycles. The number of oxime groups is 1. The molecule has 2 aliphatic heterocycles. The minimum atomic E-state index is 0.0740. The van der Waals surface area contributed by atoms with Crippen molar-refractivity contribution in [3.05, 3.63) is 29.8 Å². The first kappa shape index (κ1) is 6.95. The second-order valence-corrected chi connectivity index (χ2v) is 3.29. The summed E-state index contributed by atoms with van der Waals surface area (Å²) in [6, 6.07) is 7.95. The summed E-state index contributed by atoms with van der Waals surface area (Å²) in [6.45, 7) is 0.672. The van der Waals surface area contributed by atoms with E-state index in [0.29, 0.717) is 6.61 Å². The molecule has 0 N–H and O–H groups in total. The zero-order valence-corrected chi connectivity index (χ0v) is 7.01. The van der Waals surface area contributed by atoms with Gasteiger partial charge in [-0.25, -0.2) is 0 Å². The summed E-state index contributed by atoms with van der Waals surface area (Å²) in [5, 5.41) is 3.82. The fourth-order valence-corrected chi connectivity index (χ4v) is 1.79. The SMILES string of the molecule is C1=NO[C@@H]2c3ccccc3OC[C@@H]12. The number of ether oxygens (including phenoxy) is 1. The molecule has 0 bridgehead atoms. The van der Waals surface area contributed by atoms with E-state index in [1.165, 1.54) is 0 Å². The average molecular weight is 175 g/mol. The Hall–Kier alpha value is -1.51. The lowest BCUT2D eigenvalue weighted by molar-refractivity contribution is 0.0332. The monoisotopic (exact) mass is 175 g/mol. The molecule has 1 aromatic rings. The van der Waals surface area contributed by atoms with Crippen LogP contribution in [0.15, 0.2) is 29.4 Å². The molecule has 0 amide bonds. The van der Waals surface area contributed by atoms with E-state index in [9.17, 15) is 0 Å². The molecule has 0 radical (unpaired) electrons. The summed E-state index contributed by atoms with van der Waals surface area (Å²) < 4.78 is 5.57. The van der Waals surface area contributed by atoms with Crippen molar-refractivity contribution in [3.63, 3.8) is 0 Å². The molecule has 0 spiro atoms. The Labute approximate surface area is 76.0 Å². The van der Waals surface area contributed by atoms with Crippen molar-refractivity contribution >= 4 is 6.21 Å². The molecule has 3 rings (SSSR count). The molecule has 3 nitrogen and oxygen atoms in total. The van der Waals surface area contributed by atoms with E-state index in [-0.39, 0.29) is 12.0 Å². The highest BCUT2D eigenvalue weighted by Gasteiger charge is 2.34. The Morgan fingerprint density at radius 3 is 3.23 bits per heavy atom. The van der Waals surface area contributed by atoms with E-state index in [2.05, 4.69) is 5.16 Å². The molecular formula is C10H9NO2. The van der Waals surface area contributed by atoms with Crippen LogP contribution in [0.3, 0.4) is 0 Å². The van der Waals surface area contributed by atoms with Crippen LogP contribution in [-0.4, -0.2) is 12.8 Å². The largest absolute Gasteiger partial charge is 0.492 e. The van der Waals surface area contributed by atoms with Gasteiger partial charge in [-0.3, -0.25) is 0 Å². The lowest BCUT2D eigenvalue weighted by Crippen LogP contribution is -2.24. The van der Waals surface area contributed by atoms with Crippen LogP contribution in [0.25, 0.3) is 0 Å². The molecule has 13 heavy (non-hydrogen) atoms. The third-order valence-corrected chi connectivity index (χ3v) is 2.47. The Morgan fingerprint density at radius 1 is 1.31 bits per heavy atom. The number of hydrogen-bond acceptors (Lipinski definition) is 3. The predicted molar refractivity (Wildman–Crippen MR) is 47.7 cm³/mol. The normalized spacial score (nSPS) is 28.6. The van der Waals surface area contributed by atoms with Gasteiger partial charge in [0.2, 0.25) is 0 Å². The molecule has 0 fully saturated rings. The zero-order chi connectivity index (χ0) is 8.67. The molecule has 2 heterocycles. The molecule has 2 atom stereocenters. The summed E-state index contributed by atoms with van der Waals surface area (Å²) in [6.07, 6.45) is 1.89. The number of benzene rings is 1. The maximum Gasteiger partial charge on any atom is 0.167 e. The summed E-state index contributed by atoms with van der Waals surface area (Å²) in [7, 11) is 0. The van der Waals surface area contributed by atoms with Crippen molar-refractivity contribution in [2.75, 3.05) is 6.61 Å². The van der Waals surface area contributed by atoms with E-state index in [0.717, 1.165) is 11.3 Å². The topological polar surface area (TPSA) is 30.8 Å². The van der Waals surface area contributed by atoms with Crippen LogP contribution >= 0.6 is 0 Å². The predicted octanol–water partition coefficient (Wildman–Crippen LogP) is 1.75. The molecule has 3 heteroatoms. The van der Waals surface area contributed by atoms with Gasteiger partial charge in [-0.2, -0.15) is 0 Å².